The molecule has 20 heavy (non-hydrogen) atoms. The Morgan fingerprint density at radius 3 is 2.15 bits per heavy atom. The molecule has 0 aliphatic rings. The smallest absolute Gasteiger partial charge is 0.346 e. The van der Waals surface area contributed by atoms with E-state index in [1.807, 2.05) is 46.8 Å². The van der Waals surface area contributed by atoms with Crippen LogP contribution in [0.5, 0.6) is 0 Å². The lowest BCUT2D eigenvalue weighted by Gasteiger charge is -2.22. The molecule has 0 amide bonds. The summed E-state index contributed by atoms with van der Waals surface area (Å²) in [6, 6.07) is 7.29. The maximum absolute atomic E-state index is 12.2. The quantitative estimate of drug-likeness (QED) is 0.614. The fourth-order valence-electron chi connectivity index (χ4n) is 2.17. The van der Waals surface area contributed by atoms with Crippen LogP contribution in [0.15, 0.2) is 24.3 Å². The van der Waals surface area contributed by atoms with E-state index < -0.39 is 11.9 Å². The lowest BCUT2D eigenvalue weighted by molar-refractivity contribution is -0.142. The van der Waals surface area contributed by atoms with E-state index in [2.05, 4.69) is 0 Å². The van der Waals surface area contributed by atoms with Crippen molar-refractivity contribution in [2.75, 3.05) is 0 Å². The zero-order valence-electron chi connectivity index (χ0n) is 13.0. The van der Waals surface area contributed by atoms with Gasteiger partial charge in [0, 0.05) is 0 Å². The summed E-state index contributed by atoms with van der Waals surface area (Å²) in [6.45, 7) is 9.93. The van der Waals surface area contributed by atoms with Crippen molar-refractivity contribution in [1.29, 1.82) is 0 Å². The number of rotatable bonds is 4. The largest absolute Gasteiger partial charge is 0.389 e. The number of hydrogen-bond donors (Lipinski definition) is 0. The summed E-state index contributed by atoms with van der Waals surface area (Å²) in [5.74, 6) is -1.18. The first-order valence-corrected chi connectivity index (χ1v) is 7.16. The van der Waals surface area contributed by atoms with Gasteiger partial charge < -0.3 is 4.74 Å². The fraction of sp³-hybridized carbons (Fsp3) is 0.529. The molecular weight excluding hydrogens is 252 g/mol. The number of esters is 2. The molecule has 1 aromatic carbocycles. The van der Waals surface area contributed by atoms with E-state index in [1.165, 1.54) is 0 Å². The van der Waals surface area contributed by atoms with Crippen LogP contribution in [0.2, 0.25) is 0 Å². The van der Waals surface area contributed by atoms with Gasteiger partial charge >= 0.3 is 11.9 Å². The predicted molar refractivity (Wildman–Crippen MR) is 79.6 cm³/mol. The molecular formula is C17H24O3. The van der Waals surface area contributed by atoms with Gasteiger partial charge in [0.25, 0.3) is 0 Å². The third-order valence-electron chi connectivity index (χ3n) is 3.47. The minimum Gasteiger partial charge on any atom is -0.389 e. The summed E-state index contributed by atoms with van der Waals surface area (Å²) >= 11 is 0. The Kier molecular flexibility index (Phi) is 5.49. The summed E-state index contributed by atoms with van der Waals surface area (Å²) in [4.78, 5) is 24.1. The van der Waals surface area contributed by atoms with Crippen molar-refractivity contribution in [3.8, 4) is 0 Å². The minimum atomic E-state index is -0.549. The molecule has 0 aliphatic carbocycles. The van der Waals surface area contributed by atoms with Crippen molar-refractivity contribution in [2.24, 2.45) is 5.92 Å². The molecule has 0 radical (unpaired) electrons. The number of ether oxygens (including phenoxy) is 1. The first kappa shape index (κ1) is 16.4. The van der Waals surface area contributed by atoms with Gasteiger partial charge in [-0.3, -0.25) is 4.79 Å². The van der Waals surface area contributed by atoms with Crippen molar-refractivity contribution < 1.29 is 14.3 Å². The Labute approximate surface area is 121 Å². The Morgan fingerprint density at radius 1 is 1.10 bits per heavy atom. The summed E-state index contributed by atoms with van der Waals surface area (Å²) in [6.07, 6.45) is 1.37. The molecule has 0 heterocycles. The number of carbonyl (C=O) groups excluding carboxylic acids is 2. The topological polar surface area (TPSA) is 43.4 Å². The van der Waals surface area contributed by atoms with E-state index in [0.717, 1.165) is 5.56 Å². The molecule has 0 saturated heterocycles. The highest BCUT2D eigenvalue weighted by atomic mass is 16.6. The van der Waals surface area contributed by atoms with Crippen molar-refractivity contribution in [3.05, 3.63) is 35.4 Å². The molecule has 0 unspecified atom stereocenters. The van der Waals surface area contributed by atoms with Crippen LogP contribution < -0.4 is 0 Å². The van der Waals surface area contributed by atoms with Crippen LogP contribution in [0.4, 0.5) is 0 Å². The van der Waals surface area contributed by atoms with Crippen LogP contribution in [0.25, 0.3) is 0 Å². The van der Waals surface area contributed by atoms with Crippen LogP contribution >= 0.6 is 0 Å². The van der Waals surface area contributed by atoms with Crippen LogP contribution in [-0.2, 0) is 14.9 Å². The molecule has 0 bridgehead atoms. The monoisotopic (exact) mass is 276 g/mol. The van der Waals surface area contributed by atoms with Crippen molar-refractivity contribution >= 4 is 11.9 Å². The molecule has 0 spiro atoms. The van der Waals surface area contributed by atoms with Gasteiger partial charge in [0.05, 0.1) is 11.5 Å². The molecule has 1 rings (SSSR count). The Hall–Kier alpha value is -1.64. The molecule has 0 aliphatic heterocycles. The number of benzene rings is 1. The van der Waals surface area contributed by atoms with E-state index >= 15 is 0 Å². The zero-order valence-corrected chi connectivity index (χ0v) is 13.0. The van der Waals surface area contributed by atoms with Crippen LogP contribution in [0.1, 0.15) is 63.4 Å². The predicted octanol–water partition coefficient (Wildman–Crippen LogP) is 4.10. The summed E-state index contributed by atoms with van der Waals surface area (Å²) in [5, 5.41) is 0. The SMILES string of the molecule is CCC(CC)C(=O)OC(=O)c1ccccc1C(C)(C)C. The second-order valence-corrected chi connectivity index (χ2v) is 6.02. The van der Waals surface area contributed by atoms with E-state index in [0.29, 0.717) is 18.4 Å². The minimum absolute atomic E-state index is 0.173. The lowest BCUT2D eigenvalue weighted by Crippen LogP contribution is -2.23. The molecule has 0 fully saturated rings. The molecule has 0 aromatic heterocycles. The standard InChI is InChI=1S/C17H24O3/c1-6-12(7-2)15(18)20-16(19)13-10-8-9-11-14(13)17(3,4)5/h8-12H,6-7H2,1-5H3. The summed E-state index contributed by atoms with van der Waals surface area (Å²) in [5.41, 5.74) is 1.19. The Balaban J connectivity index is 2.97. The Morgan fingerprint density at radius 2 is 1.65 bits per heavy atom. The van der Waals surface area contributed by atoms with Crippen LogP contribution in [-0.4, -0.2) is 11.9 Å². The summed E-state index contributed by atoms with van der Waals surface area (Å²) < 4.78 is 5.04. The maximum Gasteiger partial charge on any atom is 0.346 e. The highest BCUT2D eigenvalue weighted by Gasteiger charge is 2.25. The van der Waals surface area contributed by atoms with Gasteiger partial charge in [-0.05, 0) is 29.9 Å². The molecule has 1 aromatic rings. The van der Waals surface area contributed by atoms with Gasteiger partial charge in [-0.2, -0.15) is 0 Å². The zero-order chi connectivity index (χ0) is 15.3. The molecule has 110 valence electrons. The van der Waals surface area contributed by atoms with Crippen molar-refractivity contribution in [2.45, 2.75) is 52.9 Å². The highest BCUT2D eigenvalue weighted by molar-refractivity contribution is 5.98. The second kappa shape index (κ2) is 6.69. The lowest BCUT2D eigenvalue weighted by atomic mass is 9.84. The first-order chi connectivity index (χ1) is 9.31. The number of carbonyl (C=O) groups is 2. The van der Waals surface area contributed by atoms with E-state index in [-0.39, 0.29) is 11.3 Å². The van der Waals surface area contributed by atoms with Gasteiger partial charge in [0.15, 0.2) is 0 Å². The average Bonchev–Trinajstić information content (AvgIpc) is 2.39. The second-order valence-electron chi connectivity index (χ2n) is 6.02. The van der Waals surface area contributed by atoms with Crippen LogP contribution in [0.3, 0.4) is 0 Å². The average molecular weight is 276 g/mol. The van der Waals surface area contributed by atoms with Crippen molar-refractivity contribution in [1.82, 2.24) is 0 Å². The molecule has 0 saturated carbocycles. The highest BCUT2D eigenvalue weighted by Crippen LogP contribution is 2.26. The van der Waals surface area contributed by atoms with Gasteiger partial charge in [-0.15, -0.1) is 0 Å². The van der Waals surface area contributed by atoms with Crippen LogP contribution in [0, 0.1) is 5.92 Å². The molecule has 0 atom stereocenters. The number of hydrogen-bond acceptors (Lipinski definition) is 3. The van der Waals surface area contributed by atoms with E-state index in [9.17, 15) is 9.59 Å². The van der Waals surface area contributed by atoms with E-state index in [4.69, 9.17) is 4.74 Å². The Bertz CT molecular complexity index is 479. The molecule has 3 nitrogen and oxygen atoms in total. The van der Waals surface area contributed by atoms with Gasteiger partial charge in [-0.25, -0.2) is 4.79 Å². The summed E-state index contributed by atoms with van der Waals surface area (Å²) in [7, 11) is 0. The normalized spacial score (nSPS) is 11.5. The fourth-order valence-corrected chi connectivity index (χ4v) is 2.17. The van der Waals surface area contributed by atoms with E-state index in [1.54, 1.807) is 12.1 Å². The van der Waals surface area contributed by atoms with Gasteiger partial charge in [0.2, 0.25) is 0 Å². The maximum atomic E-state index is 12.2. The third-order valence-corrected chi connectivity index (χ3v) is 3.47. The van der Waals surface area contributed by atoms with Gasteiger partial charge in [0.1, 0.15) is 0 Å². The third kappa shape index (κ3) is 3.92. The molecule has 3 heteroatoms. The van der Waals surface area contributed by atoms with Gasteiger partial charge in [-0.1, -0.05) is 52.8 Å². The first-order valence-electron chi connectivity index (χ1n) is 7.16. The van der Waals surface area contributed by atoms with Crippen molar-refractivity contribution in [3.63, 3.8) is 0 Å². The molecule has 0 N–H and O–H groups in total.